The maximum absolute atomic E-state index is 5.85. The van der Waals surface area contributed by atoms with E-state index in [1.54, 1.807) is 0 Å². The van der Waals surface area contributed by atoms with E-state index >= 15 is 0 Å². The Hall–Kier alpha value is -1.06. The molecule has 1 aliphatic rings. The summed E-state index contributed by atoms with van der Waals surface area (Å²) in [6.07, 6.45) is 6.32. The molecule has 2 rings (SSSR count). The molecule has 0 radical (unpaired) electrons. The van der Waals surface area contributed by atoms with E-state index in [0.717, 1.165) is 56.5 Å². The molecule has 1 aliphatic carbocycles. The Labute approximate surface area is 206 Å². The van der Waals surface area contributed by atoms with Crippen LogP contribution in [0.15, 0.2) is 29.3 Å². The molecule has 0 atom stereocenters. The standard InChI is InChI=1S/C24H42N4O2.HI/c1-5-25-23(27-20-24(12-7-8-13-24)14-16-29-6-2)26-19-21-10-9-11-22(18-21)30-17-15-28(3)4;/h9-11,18H,5-8,12-17,19-20H2,1-4H3,(H2,25,26,27);1H. The number of rotatable bonds is 13. The molecule has 0 unspecified atom stereocenters. The van der Waals surface area contributed by atoms with Crippen molar-refractivity contribution in [1.29, 1.82) is 0 Å². The summed E-state index contributed by atoms with van der Waals surface area (Å²) in [5.41, 5.74) is 1.49. The summed E-state index contributed by atoms with van der Waals surface area (Å²) in [5.74, 6) is 1.79. The van der Waals surface area contributed by atoms with Crippen molar-refractivity contribution in [2.75, 3.05) is 53.6 Å². The fraction of sp³-hybridized carbons (Fsp3) is 0.708. The summed E-state index contributed by atoms with van der Waals surface area (Å²) in [6, 6.07) is 8.24. The van der Waals surface area contributed by atoms with Gasteiger partial charge in [-0.25, -0.2) is 4.99 Å². The second-order valence-electron chi connectivity index (χ2n) is 8.50. The summed E-state index contributed by atoms with van der Waals surface area (Å²) >= 11 is 0. The number of halogens is 1. The maximum Gasteiger partial charge on any atom is 0.191 e. The van der Waals surface area contributed by atoms with Gasteiger partial charge in [0.25, 0.3) is 0 Å². The van der Waals surface area contributed by atoms with Crippen LogP contribution in [0.1, 0.15) is 51.5 Å². The van der Waals surface area contributed by atoms with Gasteiger partial charge in [-0.15, -0.1) is 24.0 Å². The molecule has 0 heterocycles. The number of nitrogens with zero attached hydrogens (tertiary/aromatic N) is 2. The van der Waals surface area contributed by atoms with Gasteiger partial charge in [0, 0.05) is 32.8 Å². The smallest absolute Gasteiger partial charge is 0.191 e. The molecule has 6 nitrogen and oxygen atoms in total. The average Bonchev–Trinajstić information content (AvgIpc) is 3.19. The Morgan fingerprint density at radius 3 is 2.58 bits per heavy atom. The van der Waals surface area contributed by atoms with Gasteiger partial charge in [0.05, 0.1) is 6.54 Å². The van der Waals surface area contributed by atoms with Crippen LogP contribution < -0.4 is 15.4 Å². The molecule has 0 bridgehead atoms. The largest absolute Gasteiger partial charge is 0.492 e. The van der Waals surface area contributed by atoms with Crippen molar-refractivity contribution in [3.8, 4) is 5.75 Å². The van der Waals surface area contributed by atoms with Gasteiger partial charge in [0.2, 0.25) is 0 Å². The zero-order valence-electron chi connectivity index (χ0n) is 19.9. The van der Waals surface area contributed by atoms with E-state index < -0.39 is 0 Å². The van der Waals surface area contributed by atoms with Gasteiger partial charge in [0.15, 0.2) is 5.96 Å². The number of ether oxygens (including phenoxy) is 2. The van der Waals surface area contributed by atoms with E-state index in [4.69, 9.17) is 14.5 Å². The minimum absolute atomic E-state index is 0. The third-order valence-corrected chi connectivity index (χ3v) is 5.75. The number of aliphatic imine (C=N–C) groups is 1. The predicted molar refractivity (Wildman–Crippen MR) is 141 cm³/mol. The van der Waals surface area contributed by atoms with Crippen molar-refractivity contribution in [3.05, 3.63) is 29.8 Å². The van der Waals surface area contributed by atoms with Crippen LogP contribution in [0.2, 0.25) is 0 Å². The van der Waals surface area contributed by atoms with Gasteiger partial charge in [0.1, 0.15) is 12.4 Å². The van der Waals surface area contributed by atoms with Crippen LogP contribution in [0.3, 0.4) is 0 Å². The Morgan fingerprint density at radius 2 is 1.90 bits per heavy atom. The summed E-state index contributed by atoms with van der Waals surface area (Å²) in [7, 11) is 4.10. The lowest BCUT2D eigenvalue weighted by Crippen LogP contribution is -2.43. The highest BCUT2D eigenvalue weighted by molar-refractivity contribution is 14.0. The molecular formula is C24H43IN4O2. The van der Waals surface area contributed by atoms with Crippen molar-refractivity contribution in [2.24, 2.45) is 10.4 Å². The van der Waals surface area contributed by atoms with Gasteiger partial charge < -0.3 is 25.0 Å². The van der Waals surface area contributed by atoms with Crippen molar-refractivity contribution < 1.29 is 9.47 Å². The molecule has 31 heavy (non-hydrogen) atoms. The van der Waals surface area contributed by atoms with Crippen LogP contribution in [0.25, 0.3) is 0 Å². The number of guanidine groups is 1. The maximum atomic E-state index is 5.85. The zero-order valence-corrected chi connectivity index (χ0v) is 22.2. The normalized spacial score (nSPS) is 15.6. The minimum atomic E-state index is 0. The molecule has 0 spiro atoms. The number of benzene rings is 1. The molecular weight excluding hydrogens is 503 g/mol. The van der Waals surface area contributed by atoms with Crippen LogP contribution in [0.4, 0.5) is 0 Å². The first-order chi connectivity index (χ1) is 14.6. The van der Waals surface area contributed by atoms with E-state index in [1.807, 2.05) is 12.1 Å². The number of likely N-dealkylation sites (N-methyl/N-ethyl adjacent to an activating group) is 1. The van der Waals surface area contributed by atoms with E-state index in [2.05, 4.69) is 55.6 Å². The van der Waals surface area contributed by atoms with E-state index in [-0.39, 0.29) is 24.0 Å². The number of hydrogen-bond acceptors (Lipinski definition) is 4. The Balaban J connectivity index is 0.00000480. The highest BCUT2D eigenvalue weighted by Crippen LogP contribution is 2.40. The topological polar surface area (TPSA) is 58.1 Å². The molecule has 0 amide bonds. The highest BCUT2D eigenvalue weighted by atomic mass is 127. The lowest BCUT2D eigenvalue weighted by atomic mass is 9.83. The minimum Gasteiger partial charge on any atom is -0.492 e. The van der Waals surface area contributed by atoms with Crippen molar-refractivity contribution >= 4 is 29.9 Å². The van der Waals surface area contributed by atoms with Gasteiger partial charge in [-0.2, -0.15) is 0 Å². The lowest BCUT2D eigenvalue weighted by Gasteiger charge is -2.30. The summed E-state index contributed by atoms with van der Waals surface area (Å²) < 4.78 is 11.5. The fourth-order valence-electron chi connectivity index (χ4n) is 3.94. The molecule has 0 aromatic heterocycles. The fourth-order valence-corrected chi connectivity index (χ4v) is 3.94. The number of hydrogen-bond donors (Lipinski definition) is 2. The highest BCUT2D eigenvalue weighted by Gasteiger charge is 2.33. The van der Waals surface area contributed by atoms with E-state index in [0.29, 0.717) is 18.6 Å². The second-order valence-corrected chi connectivity index (χ2v) is 8.50. The van der Waals surface area contributed by atoms with E-state index in [1.165, 1.54) is 25.7 Å². The van der Waals surface area contributed by atoms with Crippen LogP contribution in [0.5, 0.6) is 5.75 Å². The molecule has 0 saturated heterocycles. The molecule has 178 valence electrons. The van der Waals surface area contributed by atoms with Crippen molar-refractivity contribution in [1.82, 2.24) is 15.5 Å². The van der Waals surface area contributed by atoms with Crippen molar-refractivity contribution in [2.45, 2.75) is 52.5 Å². The van der Waals surface area contributed by atoms with Gasteiger partial charge in [-0.3, -0.25) is 0 Å². The Bertz CT molecular complexity index is 634. The first-order valence-corrected chi connectivity index (χ1v) is 11.5. The molecule has 1 fully saturated rings. The first-order valence-electron chi connectivity index (χ1n) is 11.5. The van der Waals surface area contributed by atoms with Gasteiger partial charge in [-0.05, 0) is 70.3 Å². The summed E-state index contributed by atoms with van der Waals surface area (Å²) in [5, 5.41) is 7.00. The third kappa shape index (κ3) is 10.9. The molecule has 1 aromatic rings. The van der Waals surface area contributed by atoms with Gasteiger partial charge >= 0.3 is 0 Å². The van der Waals surface area contributed by atoms with Crippen molar-refractivity contribution in [3.63, 3.8) is 0 Å². The van der Waals surface area contributed by atoms with Crippen LogP contribution >= 0.6 is 24.0 Å². The van der Waals surface area contributed by atoms with Crippen LogP contribution in [-0.4, -0.2) is 64.4 Å². The van der Waals surface area contributed by atoms with Gasteiger partial charge in [-0.1, -0.05) is 25.0 Å². The molecule has 1 saturated carbocycles. The van der Waals surface area contributed by atoms with E-state index in [9.17, 15) is 0 Å². The molecule has 2 N–H and O–H groups in total. The molecule has 7 heteroatoms. The van der Waals surface area contributed by atoms with Crippen LogP contribution in [0, 0.1) is 5.41 Å². The SMILES string of the molecule is CCNC(=NCc1cccc(OCCN(C)C)c1)NCC1(CCOCC)CCCC1.I. The quantitative estimate of drug-likeness (QED) is 0.167. The monoisotopic (exact) mass is 546 g/mol. The lowest BCUT2D eigenvalue weighted by molar-refractivity contribution is 0.105. The third-order valence-electron chi connectivity index (χ3n) is 5.75. The first kappa shape index (κ1) is 28.0. The molecule has 0 aliphatic heterocycles. The summed E-state index contributed by atoms with van der Waals surface area (Å²) in [4.78, 5) is 6.94. The Morgan fingerprint density at radius 1 is 1.13 bits per heavy atom. The zero-order chi connectivity index (χ0) is 21.7. The second kappa shape index (κ2) is 15.7. The average molecular weight is 547 g/mol. The summed E-state index contributed by atoms with van der Waals surface area (Å²) in [6.45, 7) is 9.86. The number of nitrogens with one attached hydrogen (secondary N) is 2. The van der Waals surface area contributed by atoms with Crippen LogP contribution in [-0.2, 0) is 11.3 Å². The molecule has 1 aromatic carbocycles. The Kier molecular flexibility index (Phi) is 14.2. The predicted octanol–water partition coefficient (Wildman–Crippen LogP) is 4.29.